The summed E-state index contributed by atoms with van der Waals surface area (Å²) in [5.74, 6) is 2.14. The molecule has 1 N–H and O–H groups in total. The lowest BCUT2D eigenvalue weighted by Crippen LogP contribution is -2.55. The van der Waals surface area contributed by atoms with E-state index in [2.05, 4.69) is 40.2 Å². The Balaban J connectivity index is 1.17. The smallest absolute Gasteiger partial charge is 0.130 e. The summed E-state index contributed by atoms with van der Waals surface area (Å²) in [6.45, 7) is 7.28. The van der Waals surface area contributed by atoms with Crippen LogP contribution in [0.5, 0.6) is 0 Å². The maximum atomic E-state index is 5.30. The summed E-state index contributed by atoms with van der Waals surface area (Å²) in [6.07, 6.45) is 8.70. The van der Waals surface area contributed by atoms with E-state index in [0.717, 1.165) is 73.4 Å². The van der Waals surface area contributed by atoms with E-state index < -0.39 is 0 Å². The molecule has 0 saturated carbocycles. The summed E-state index contributed by atoms with van der Waals surface area (Å²) >= 11 is 1.73. The van der Waals surface area contributed by atoms with Gasteiger partial charge in [0.05, 0.1) is 30.2 Å². The highest BCUT2D eigenvalue weighted by molar-refractivity contribution is 7.21. The van der Waals surface area contributed by atoms with Gasteiger partial charge in [-0.2, -0.15) is 0 Å². The molecule has 0 aromatic carbocycles. The molecule has 3 aromatic heterocycles. The summed E-state index contributed by atoms with van der Waals surface area (Å²) in [5.41, 5.74) is 2.04. The SMILES string of the molecule is C[C@H]1C[C@@H](NC2COC2)CCN1c1cc2sc(-c3ccc(N4CCCC4)nc3)nc2cn1. The van der Waals surface area contributed by atoms with Crippen molar-refractivity contribution in [2.75, 3.05) is 42.6 Å². The normalized spacial score (nSPS) is 24.3. The molecule has 32 heavy (non-hydrogen) atoms. The van der Waals surface area contributed by atoms with Gasteiger partial charge in [0.25, 0.3) is 0 Å². The fourth-order valence-electron chi connectivity index (χ4n) is 5.08. The quantitative estimate of drug-likeness (QED) is 0.636. The van der Waals surface area contributed by atoms with Crippen LogP contribution in [0.2, 0.25) is 0 Å². The van der Waals surface area contributed by atoms with Gasteiger partial charge in [-0.15, -0.1) is 11.3 Å². The molecule has 0 spiro atoms. The molecule has 168 valence electrons. The number of nitrogens with one attached hydrogen (secondary N) is 1. The summed E-state index contributed by atoms with van der Waals surface area (Å²) < 4.78 is 6.49. The Hall–Kier alpha value is -2.29. The molecule has 6 heterocycles. The van der Waals surface area contributed by atoms with Crippen molar-refractivity contribution in [2.45, 2.75) is 50.7 Å². The molecule has 0 radical (unpaired) electrons. The third kappa shape index (κ3) is 3.95. The predicted octanol–water partition coefficient (Wildman–Crippen LogP) is 3.70. The molecule has 8 heteroatoms. The second-order valence-electron chi connectivity index (χ2n) is 9.29. The van der Waals surface area contributed by atoms with Crippen molar-refractivity contribution < 1.29 is 4.74 Å². The minimum absolute atomic E-state index is 0.460. The number of aromatic nitrogens is 3. The average Bonchev–Trinajstić information content (AvgIpc) is 3.46. The number of hydrogen-bond acceptors (Lipinski definition) is 8. The molecule has 3 aliphatic heterocycles. The Bertz CT molecular complexity index is 1080. The van der Waals surface area contributed by atoms with Gasteiger partial charge in [0.15, 0.2) is 0 Å². The molecule has 3 aromatic rings. The minimum atomic E-state index is 0.460. The second kappa shape index (κ2) is 8.57. The molecule has 3 aliphatic rings. The van der Waals surface area contributed by atoms with Crippen LogP contribution in [0, 0.1) is 0 Å². The second-order valence-corrected chi connectivity index (χ2v) is 10.3. The van der Waals surface area contributed by atoms with Crippen molar-refractivity contribution in [1.29, 1.82) is 0 Å². The van der Waals surface area contributed by atoms with Crippen molar-refractivity contribution in [3.8, 4) is 10.6 Å². The molecular formula is C24H30N6OS. The van der Waals surface area contributed by atoms with E-state index in [0.29, 0.717) is 18.1 Å². The number of ether oxygens (including phenoxy) is 1. The minimum Gasteiger partial charge on any atom is -0.378 e. The van der Waals surface area contributed by atoms with Gasteiger partial charge in [-0.05, 0) is 44.7 Å². The number of hydrogen-bond donors (Lipinski definition) is 1. The third-order valence-electron chi connectivity index (χ3n) is 6.97. The number of nitrogens with zero attached hydrogens (tertiary/aromatic N) is 5. The zero-order valence-corrected chi connectivity index (χ0v) is 19.4. The van der Waals surface area contributed by atoms with E-state index in [9.17, 15) is 0 Å². The molecule has 7 nitrogen and oxygen atoms in total. The highest BCUT2D eigenvalue weighted by Crippen LogP contribution is 2.33. The zero-order valence-electron chi connectivity index (χ0n) is 18.5. The van der Waals surface area contributed by atoms with Crippen LogP contribution in [0.4, 0.5) is 11.6 Å². The highest BCUT2D eigenvalue weighted by atomic mass is 32.1. The monoisotopic (exact) mass is 450 g/mol. The van der Waals surface area contributed by atoms with E-state index in [1.165, 1.54) is 17.5 Å². The Labute approximate surface area is 192 Å². The number of pyridine rings is 2. The molecular weight excluding hydrogens is 420 g/mol. The topological polar surface area (TPSA) is 66.4 Å². The van der Waals surface area contributed by atoms with Gasteiger partial charge in [0.1, 0.15) is 22.2 Å². The lowest BCUT2D eigenvalue weighted by molar-refractivity contribution is -0.0117. The number of piperidine rings is 1. The molecule has 0 aliphatic carbocycles. The zero-order chi connectivity index (χ0) is 21.5. The van der Waals surface area contributed by atoms with Gasteiger partial charge < -0.3 is 19.9 Å². The summed E-state index contributed by atoms with van der Waals surface area (Å²) in [4.78, 5) is 19.1. The molecule has 0 unspecified atom stereocenters. The Morgan fingerprint density at radius 3 is 2.59 bits per heavy atom. The first-order valence-electron chi connectivity index (χ1n) is 11.8. The lowest BCUT2D eigenvalue weighted by Gasteiger charge is -2.41. The van der Waals surface area contributed by atoms with Crippen LogP contribution in [0.15, 0.2) is 30.6 Å². The molecule has 0 amide bonds. The standard InChI is InChI=1S/C24H30N6OS/c1-16-10-18(27-19-14-31-15-19)6-9-30(16)23-11-21-20(13-26-23)28-24(32-21)17-4-5-22(25-12-17)29-7-2-3-8-29/h4-5,11-13,16,18-19,27H,2-3,6-10,14-15H2,1H3/t16-,18-/m0/s1. The van der Waals surface area contributed by atoms with E-state index in [-0.39, 0.29) is 0 Å². The van der Waals surface area contributed by atoms with Crippen LogP contribution in [0.1, 0.15) is 32.6 Å². The van der Waals surface area contributed by atoms with Gasteiger partial charge in [0, 0.05) is 49.5 Å². The van der Waals surface area contributed by atoms with E-state index >= 15 is 0 Å². The first-order valence-corrected chi connectivity index (χ1v) is 12.6. The Kier molecular flexibility index (Phi) is 5.45. The van der Waals surface area contributed by atoms with Crippen molar-refractivity contribution in [3.05, 3.63) is 30.6 Å². The van der Waals surface area contributed by atoms with Gasteiger partial charge in [-0.1, -0.05) is 0 Å². The first kappa shape index (κ1) is 20.3. The fourth-order valence-corrected chi connectivity index (χ4v) is 6.04. The largest absolute Gasteiger partial charge is 0.378 e. The predicted molar refractivity (Wildman–Crippen MR) is 130 cm³/mol. The molecule has 2 atom stereocenters. The molecule has 6 rings (SSSR count). The van der Waals surface area contributed by atoms with Crippen molar-refractivity contribution in [1.82, 2.24) is 20.3 Å². The van der Waals surface area contributed by atoms with Crippen LogP contribution in [-0.2, 0) is 4.74 Å². The van der Waals surface area contributed by atoms with Crippen molar-refractivity contribution in [2.24, 2.45) is 0 Å². The van der Waals surface area contributed by atoms with Crippen LogP contribution >= 0.6 is 11.3 Å². The number of thiazole rings is 1. The summed E-state index contributed by atoms with van der Waals surface area (Å²) in [5, 5.41) is 4.75. The van der Waals surface area contributed by atoms with E-state index in [4.69, 9.17) is 19.7 Å². The lowest BCUT2D eigenvalue weighted by atomic mass is 9.97. The molecule has 3 fully saturated rings. The van der Waals surface area contributed by atoms with Gasteiger partial charge in [-0.25, -0.2) is 15.0 Å². The van der Waals surface area contributed by atoms with Gasteiger partial charge in [0.2, 0.25) is 0 Å². The van der Waals surface area contributed by atoms with Crippen LogP contribution in [0.3, 0.4) is 0 Å². The van der Waals surface area contributed by atoms with Crippen LogP contribution < -0.4 is 15.1 Å². The Morgan fingerprint density at radius 2 is 1.88 bits per heavy atom. The fraction of sp³-hybridized carbons (Fsp3) is 0.542. The van der Waals surface area contributed by atoms with Crippen LogP contribution in [0.25, 0.3) is 20.8 Å². The van der Waals surface area contributed by atoms with E-state index in [1.807, 2.05) is 12.4 Å². The first-order chi connectivity index (χ1) is 15.7. The van der Waals surface area contributed by atoms with Gasteiger partial charge >= 0.3 is 0 Å². The number of rotatable bonds is 5. The average molecular weight is 451 g/mol. The number of fused-ring (bicyclic) bond motifs is 1. The molecule has 0 bridgehead atoms. The maximum Gasteiger partial charge on any atom is 0.130 e. The van der Waals surface area contributed by atoms with Crippen LogP contribution in [-0.4, -0.2) is 65.9 Å². The van der Waals surface area contributed by atoms with E-state index in [1.54, 1.807) is 11.3 Å². The maximum absolute atomic E-state index is 5.30. The summed E-state index contributed by atoms with van der Waals surface area (Å²) in [6, 6.07) is 8.08. The number of anilines is 2. The van der Waals surface area contributed by atoms with Gasteiger partial charge in [-0.3, -0.25) is 0 Å². The Morgan fingerprint density at radius 1 is 1.03 bits per heavy atom. The highest BCUT2D eigenvalue weighted by Gasteiger charge is 2.29. The van der Waals surface area contributed by atoms with Crippen molar-refractivity contribution >= 4 is 33.2 Å². The van der Waals surface area contributed by atoms with Crippen molar-refractivity contribution in [3.63, 3.8) is 0 Å². The summed E-state index contributed by atoms with van der Waals surface area (Å²) in [7, 11) is 0. The molecule has 3 saturated heterocycles. The third-order valence-corrected chi connectivity index (χ3v) is 8.03.